The van der Waals surface area contributed by atoms with Crippen molar-refractivity contribution in [2.75, 3.05) is 19.3 Å². The Hall–Kier alpha value is -0.550. The first-order valence-electron chi connectivity index (χ1n) is 3.37. The molecule has 11 heavy (non-hydrogen) atoms. The van der Waals surface area contributed by atoms with Crippen LogP contribution in [0.4, 0.5) is 0 Å². The van der Waals surface area contributed by atoms with Crippen LogP contribution in [0.25, 0.3) is 0 Å². The predicted molar refractivity (Wildman–Crippen MR) is 41.5 cm³/mol. The third-order valence-corrected chi connectivity index (χ3v) is 1.80. The van der Waals surface area contributed by atoms with Gasteiger partial charge in [0.05, 0.1) is 6.26 Å². The van der Waals surface area contributed by atoms with E-state index in [9.17, 15) is 8.42 Å². The molecule has 0 amide bonds. The van der Waals surface area contributed by atoms with Crippen LogP contribution in [0.15, 0.2) is 11.8 Å². The highest BCUT2D eigenvalue weighted by Crippen LogP contribution is 2.08. The summed E-state index contributed by atoms with van der Waals surface area (Å²) in [5, 5.41) is 3.05. The van der Waals surface area contributed by atoms with Crippen LogP contribution in [0, 0.1) is 0 Å². The van der Waals surface area contributed by atoms with E-state index in [-0.39, 0.29) is 0 Å². The summed E-state index contributed by atoms with van der Waals surface area (Å²) < 4.78 is 25.9. The van der Waals surface area contributed by atoms with Crippen molar-refractivity contribution in [2.24, 2.45) is 0 Å². The normalized spacial score (nSPS) is 19.2. The summed E-state index contributed by atoms with van der Waals surface area (Å²) in [7, 11) is -3.32. The van der Waals surface area contributed by atoms with Crippen LogP contribution in [-0.2, 0) is 14.3 Å². The van der Waals surface area contributed by atoms with Crippen molar-refractivity contribution in [3.63, 3.8) is 0 Å². The first kappa shape index (κ1) is 8.55. The Balaban J connectivity index is 2.55. The fourth-order valence-corrected chi connectivity index (χ4v) is 1.41. The van der Waals surface area contributed by atoms with E-state index < -0.39 is 10.1 Å². The smallest absolute Gasteiger partial charge is 0.305 e. The van der Waals surface area contributed by atoms with Crippen LogP contribution in [0.1, 0.15) is 6.42 Å². The van der Waals surface area contributed by atoms with E-state index in [2.05, 4.69) is 9.50 Å². The number of hydrogen-bond acceptors (Lipinski definition) is 4. The molecular formula is C6H11NO3S. The zero-order chi connectivity index (χ0) is 8.32. The second kappa shape index (κ2) is 3.23. The van der Waals surface area contributed by atoms with Gasteiger partial charge in [0, 0.05) is 19.5 Å². The average molecular weight is 177 g/mol. The van der Waals surface area contributed by atoms with Crippen LogP contribution < -0.4 is 5.32 Å². The first-order chi connectivity index (χ1) is 5.08. The Kier molecular flexibility index (Phi) is 2.51. The van der Waals surface area contributed by atoms with Crippen LogP contribution in [0.5, 0.6) is 0 Å². The summed E-state index contributed by atoms with van der Waals surface area (Å²) in [6, 6.07) is 0. The molecule has 4 nitrogen and oxygen atoms in total. The average Bonchev–Trinajstić information content (AvgIpc) is 1.85. The third-order valence-electron chi connectivity index (χ3n) is 1.28. The van der Waals surface area contributed by atoms with Crippen molar-refractivity contribution in [3.05, 3.63) is 11.8 Å². The van der Waals surface area contributed by atoms with Crippen molar-refractivity contribution in [2.45, 2.75) is 6.42 Å². The standard InChI is InChI=1S/C6H11NO3S/c1-11(8,9)10-6-2-4-7-5-3-6/h2,7H,3-5H2,1H3. The molecule has 1 heterocycles. The van der Waals surface area contributed by atoms with Gasteiger partial charge in [0.2, 0.25) is 0 Å². The lowest BCUT2D eigenvalue weighted by Gasteiger charge is -2.12. The largest absolute Gasteiger partial charge is 0.387 e. The predicted octanol–water partition coefficient (Wildman–Crippen LogP) is -0.160. The molecule has 1 aliphatic rings. The Morgan fingerprint density at radius 3 is 2.82 bits per heavy atom. The van der Waals surface area contributed by atoms with E-state index in [0.29, 0.717) is 18.7 Å². The summed E-state index contributed by atoms with van der Waals surface area (Å²) in [6.45, 7) is 1.46. The Labute approximate surface area is 66.4 Å². The van der Waals surface area contributed by atoms with Gasteiger partial charge in [-0.2, -0.15) is 8.42 Å². The molecule has 0 saturated heterocycles. The zero-order valence-electron chi connectivity index (χ0n) is 6.33. The van der Waals surface area contributed by atoms with Crippen molar-refractivity contribution in [1.82, 2.24) is 5.32 Å². The molecule has 64 valence electrons. The fraction of sp³-hybridized carbons (Fsp3) is 0.667. The van der Waals surface area contributed by atoms with Gasteiger partial charge >= 0.3 is 10.1 Å². The first-order valence-corrected chi connectivity index (χ1v) is 5.19. The molecule has 1 aliphatic heterocycles. The second-order valence-corrected chi connectivity index (χ2v) is 3.99. The minimum Gasteiger partial charge on any atom is -0.387 e. The highest BCUT2D eigenvalue weighted by atomic mass is 32.2. The molecule has 0 saturated carbocycles. The SMILES string of the molecule is CS(=O)(=O)OC1=CCNCC1. The maximum atomic E-state index is 10.6. The highest BCUT2D eigenvalue weighted by molar-refractivity contribution is 7.86. The monoisotopic (exact) mass is 177 g/mol. The maximum absolute atomic E-state index is 10.6. The molecule has 0 aromatic carbocycles. The molecule has 0 radical (unpaired) electrons. The van der Waals surface area contributed by atoms with Gasteiger partial charge in [-0.3, -0.25) is 0 Å². The Morgan fingerprint density at radius 2 is 2.36 bits per heavy atom. The molecule has 0 aromatic rings. The minimum absolute atomic E-state index is 0.547. The Morgan fingerprint density at radius 1 is 1.64 bits per heavy atom. The van der Waals surface area contributed by atoms with Crippen LogP contribution >= 0.6 is 0 Å². The molecule has 0 aliphatic carbocycles. The van der Waals surface area contributed by atoms with Gasteiger partial charge in [0.1, 0.15) is 5.76 Å². The topological polar surface area (TPSA) is 55.4 Å². The van der Waals surface area contributed by atoms with Gasteiger partial charge in [0.15, 0.2) is 0 Å². The molecule has 5 heteroatoms. The summed E-state index contributed by atoms with van der Waals surface area (Å²) >= 11 is 0. The zero-order valence-corrected chi connectivity index (χ0v) is 7.15. The van der Waals surface area contributed by atoms with Crippen molar-refractivity contribution < 1.29 is 12.6 Å². The van der Waals surface area contributed by atoms with E-state index >= 15 is 0 Å². The molecule has 0 aromatic heterocycles. The molecule has 1 N–H and O–H groups in total. The molecular weight excluding hydrogens is 166 g/mol. The van der Waals surface area contributed by atoms with Crippen molar-refractivity contribution in [3.8, 4) is 0 Å². The minimum atomic E-state index is -3.32. The number of nitrogens with one attached hydrogen (secondary N) is 1. The molecule has 0 bridgehead atoms. The Bertz CT molecular complexity index is 255. The lowest BCUT2D eigenvalue weighted by atomic mass is 10.3. The van der Waals surface area contributed by atoms with Gasteiger partial charge < -0.3 is 9.50 Å². The summed E-state index contributed by atoms with van der Waals surface area (Å²) in [6.07, 6.45) is 3.44. The molecule has 1 rings (SSSR count). The third kappa shape index (κ3) is 3.38. The van der Waals surface area contributed by atoms with E-state index in [4.69, 9.17) is 0 Å². The van der Waals surface area contributed by atoms with Gasteiger partial charge in [0.25, 0.3) is 0 Å². The van der Waals surface area contributed by atoms with Crippen molar-refractivity contribution >= 4 is 10.1 Å². The van der Waals surface area contributed by atoms with Gasteiger partial charge in [-0.05, 0) is 6.08 Å². The van der Waals surface area contributed by atoms with Gasteiger partial charge in [-0.25, -0.2) is 0 Å². The van der Waals surface area contributed by atoms with Gasteiger partial charge in [-0.1, -0.05) is 0 Å². The second-order valence-electron chi connectivity index (χ2n) is 2.41. The lowest BCUT2D eigenvalue weighted by molar-refractivity contribution is 0.383. The van der Waals surface area contributed by atoms with Crippen LogP contribution in [0.2, 0.25) is 0 Å². The van der Waals surface area contributed by atoms with E-state index in [1.165, 1.54) is 0 Å². The molecule has 0 spiro atoms. The van der Waals surface area contributed by atoms with Gasteiger partial charge in [-0.15, -0.1) is 0 Å². The molecule has 0 atom stereocenters. The van der Waals surface area contributed by atoms with Crippen LogP contribution in [-0.4, -0.2) is 27.8 Å². The summed E-state index contributed by atoms with van der Waals surface area (Å²) in [5.74, 6) is 0.547. The van der Waals surface area contributed by atoms with Crippen LogP contribution in [0.3, 0.4) is 0 Å². The van der Waals surface area contributed by atoms with E-state index in [1.807, 2.05) is 0 Å². The van der Waals surface area contributed by atoms with E-state index in [0.717, 1.165) is 12.8 Å². The number of hydrogen-bond donors (Lipinski definition) is 1. The fourth-order valence-electron chi connectivity index (χ4n) is 0.872. The highest BCUT2D eigenvalue weighted by Gasteiger charge is 2.09. The quantitative estimate of drug-likeness (QED) is 0.595. The molecule has 0 fully saturated rings. The lowest BCUT2D eigenvalue weighted by Crippen LogP contribution is -2.22. The van der Waals surface area contributed by atoms with E-state index in [1.54, 1.807) is 6.08 Å². The molecule has 0 unspecified atom stereocenters. The van der Waals surface area contributed by atoms with Crippen molar-refractivity contribution in [1.29, 1.82) is 0 Å². The number of rotatable bonds is 2. The summed E-state index contributed by atoms with van der Waals surface area (Å²) in [5.41, 5.74) is 0. The maximum Gasteiger partial charge on any atom is 0.305 e. The summed E-state index contributed by atoms with van der Waals surface area (Å²) in [4.78, 5) is 0.